The van der Waals surface area contributed by atoms with E-state index in [-0.39, 0.29) is 0 Å². The number of rotatable bonds is 5. The predicted octanol–water partition coefficient (Wildman–Crippen LogP) is 6.64. The molecule has 0 aliphatic heterocycles. The fourth-order valence-electron chi connectivity index (χ4n) is 3.61. The molecule has 3 aromatic heterocycles. The third-order valence-electron chi connectivity index (χ3n) is 5.15. The summed E-state index contributed by atoms with van der Waals surface area (Å²) in [7, 11) is 0. The molecule has 0 spiro atoms. The summed E-state index contributed by atoms with van der Waals surface area (Å²) < 4.78 is 1.01. The third-order valence-corrected chi connectivity index (χ3v) is 5.64. The average molecular weight is 483 g/mol. The molecule has 0 unspecified atom stereocenters. The molecule has 0 fully saturated rings. The van der Waals surface area contributed by atoms with Crippen LogP contribution in [0.1, 0.15) is 5.56 Å². The van der Waals surface area contributed by atoms with Crippen LogP contribution in [-0.2, 0) is 0 Å². The standard InChI is InChI=1S/C25H19BrN6/c1-16-7-8-20-19(9-13-29-24(20)31-18-5-2-4-17(26)14-18)23(16)32-25-21(6-3-11-28-25)22-10-12-27-15-30-22/h2-15H,1H3,(H,28,32)(H,29,31). The monoisotopic (exact) mass is 482 g/mol. The number of anilines is 4. The van der Waals surface area contributed by atoms with Gasteiger partial charge in [-0.25, -0.2) is 19.9 Å². The molecule has 7 heteroatoms. The summed E-state index contributed by atoms with van der Waals surface area (Å²) in [6, 6.07) is 20.0. The molecule has 3 heterocycles. The number of nitrogens with zero attached hydrogens (tertiary/aromatic N) is 4. The van der Waals surface area contributed by atoms with Gasteiger partial charge in [0.2, 0.25) is 0 Å². The van der Waals surface area contributed by atoms with Crippen LogP contribution in [0.4, 0.5) is 23.0 Å². The summed E-state index contributed by atoms with van der Waals surface area (Å²) in [5.74, 6) is 1.53. The lowest BCUT2D eigenvalue weighted by Crippen LogP contribution is -2.01. The molecule has 32 heavy (non-hydrogen) atoms. The van der Waals surface area contributed by atoms with Crippen LogP contribution in [0.15, 0.2) is 90.1 Å². The van der Waals surface area contributed by atoms with Gasteiger partial charge in [0.05, 0.1) is 11.4 Å². The van der Waals surface area contributed by atoms with Crippen LogP contribution in [0, 0.1) is 6.92 Å². The SMILES string of the molecule is Cc1ccc2c(Nc3cccc(Br)c3)nccc2c1Nc1ncccc1-c1ccncn1. The van der Waals surface area contributed by atoms with Crippen molar-refractivity contribution in [2.45, 2.75) is 6.92 Å². The Morgan fingerprint density at radius 2 is 1.66 bits per heavy atom. The van der Waals surface area contributed by atoms with Crippen molar-refractivity contribution in [1.82, 2.24) is 19.9 Å². The number of benzene rings is 2. The van der Waals surface area contributed by atoms with Crippen LogP contribution in [0.25, 0.3) is 22.0 Å². The molecular formula is C25H19BrN6. The van der Waals surface area contributed by atoms with Gasteiger partial charge in [-0.2, -0.15) is 0 Å². The third kappa shape index (κ3) is 4.02. The van der Waals surface area contributed by atoms with Gasteiger partial charge < -0.3 is 10.6 Å². The van der Waals surface area contributed by atoms with Gasteiger partial charge in [0.25, 0.3) is 0 Å². The van der Waals surface area contributed by atoms with E-state index in [0.29, 0.717) is 0 Å². The number of pyridine rings is 2. The van der Waals surface area contributed by atoms with Gasteiger partial charge in [0.15, 0.2) is 0 Å². The quantitative estimate of drug-likeness (QED) is 0.292. The maximum absolute atomic E-state index is 4.59. The summed E-state index contributed by atoms with van der Waals surface area (Å²) in [5, 5.41) is 9.05. The number of fused-ring (bicyclic) bond motifs is 1. The first kappa shape index (κ1) is 20.1. The Balaban J connectivity index is 1.58. The number of aryl methyl sites for hydroxylation is 1. The minimum atomic E-state index is 0.736. The van der Waals surface area contributed by atoms with E-state index < -0.39 is 0 Å². The number of aromatic nitrogens is 4. The predicted molar refractivity (Wildman–Crippen MR) is 132 cm³/mol. The molecule has 0 aliphatic rings. The Hall–Kier alpha value is -3.84. The topological polar surface area (TPSA) is 75.6 Å². The number of hydrogen-bond acceptors (Lipinski definition) is 6. The molecule has 5 rings (SSSR count). The van der Waals surface area contributed by atoms with Crippen molar-refractivity contribution >= 4 is 49.7 Å². The molecule has 156 valence electrons. The summed E-state index contributed by atoms with van der Waals surface area (Å²) in [5.41, 5.74) is 4.78. The number of halogens is 1. The molecule has 0 aliphatic carbocycles. The van der Waals surface area contributed by atoms with E-state index in [9.17, 15) is 0 Å². The molecular weight excluding hydrogens is 464 g/mol. The van der Waals surface area contributed by atoms with E-state index in [0.717, 1.165) is 55.1 Å². The first-order valence-electron chi connectivity index (χ1n) is 10.1. The zero-order chi connectivity index (χ0) is 21.9. The second-order valence-electron chi connectivity index (χ2n) is 7.27. The molecule has 0 bridgehead atoms. The van der Waals surface area contributed by atoms with Gasteiger partial charge in [-0.15, -0.1) is 0 Å². The van der Waals surface area contributed by atoms with E-state index in [4.69, 9.17) is 0 Å². The molecule has 5 aromatic rings. The van der Waals surface area contributed by atoms with Crippen molar-refractivity contribution in [2.75, 3.05) is 10.6 Å². The van der Waals surface area contributed by atoms with Gasteiger partial charge in [0, 0.05) is 45.1 Å². The lowest BCUT2D eigenvalue weighted by atomic mass is 10.0. The van der Waals surface area contributed by atoms with Crippen LogP contribution in [0.3, 0.4) is 0 Å². The van der Waals surface area contributed by atoms with Gasteiger partial charge >= 0.3 is 0 Å². The van der Waals surface area contributed by atoms with Crippen molar-refractivity contribution in [3.8, 4) is 11.3 Å². The Morgan fingerprint density at radius 1 is 0.750 bits per heavy atom. The van der Waals surface area contributed by atoms with Crippen LogP contribution in [0.5, 0.6) is 0 Å². The summed E-state index contributed by atoms with van der Waals surface area (Å²) in [6.45, 7) is 2.08. The lowest BCUT2D eigenvalue weighted by molar-refractivity contribution is 1.17. The van der Waals surface area contributed by atoms with E-state index in [1.807, 2.05) is 54.7 Å². The molecule has 0 radical (unpaired) electrons. The highest BCUT2D eigenvalue weighted by atomic mass is 79.9. The molecule has 6 nitrogen and oxygen atoms in total. The second-order valence-corrected chi connectivity index (χ2v) is 8.18. The van der Waals surface area contributed by atoms with Crippen molar-refractivity contribution in [3.05, 3.63) is 95.6 Å². The van der Waals surface area contributed by atoms with Crippen molar-refractivity contribution in [3.63, 3.8) is 0 Å². The first-order chi connectivity index (χ1) is 15.7. The van der Waals surface area contributed by atoms with E-state index in [1.54, 1.807) is 18.7 Å². The van der Waals surface area contributed by atoms with Gasteiger partial charge in [0.1, 0.15) is 18.0 Å². The normalized spacial score (nSPS) is 10.8. The number of hydrogen-bond donors (Lipinski definition) is 2. The van der Waals surface area contributed by atoms with E-state index in [2.05, 4.69) is 65.6 Å². The summed E-state index contributed by atoms with van der Waals surface area (Å²) >= 11 is 3.52. The zero-order valence-electron chi connectivity index (χ0n) is 17.2. The van der Waals surface area contributed by atoms with Crippen molar-refractivity contribution in [1.29, 1.82) is 0 Å². The largest absolute Gasteiger partial charge is 0.340 e. The summed E-state index contributed by atoms with van der Waals surface area (Å²) in [4.78, 5) is 17.6. The molecule has 2 aromatic carbocycles. The molecule has 0 saturated heterocycles. The van der Waals surface area contributed by atoms with Crippen molar-refractivity contribution in [2.24, 2.45) is 0 Å². The van der Waals surface area contributed by atoms with Crippen molar-refractivity contribution < 1.29 is 0 Å². The maximum atomic E-state index is 4.59. The molecule has 0 saturated carbocycles. The Labute approximate surface area is 193 Å². The first-order valence-corrected chi connectivity index (χ1v) is 10.9. The highest BCUT2D eigenvalue weighted by Crippen LogP contribution is 2.35. The van der Waals surface area contributed by atoms with E-state index in [1.165, 1.54) is 0 Å². The van der Waals surface area contributed by atoms with Gasteiger partial charge in [-0.05, 0) is 55.0 Å². The van der Waals surface area contributed by atoms with Gasteiger partial charge in [-0.1, -0.05) is 34.1 Å². The lowest BCUT2D eigenvalue weighted by Gasteiger charge is -2.16. The average Bonchev–Trinajstić information content (AvgIpc) is 2.82. The Morgan fingerprint density at radius 3 is 2.50 bits per heavy atom. The Bertz CT molecular complexity index is 1400. The fourth-order valence-corrected chi connectivity index (χ4v) is 4.01. The van der Waals surface area contributed by atoms with Crippen LogP contribution in [-0.4, -0.2) is 19.9 Å². The van der Waals surface area contributed by atoms with Gasteiger partial charge in [-0.3, -0.25) is 0 Å². The number of nitrogens with one attached hydrogen (secondary N) is 2. The fraction of sp³-hybridized carbons (Fsp3) is 0.0400. The minimum Gasteiger partial charge on any atom is -0.340 e. The molecule has 2 N–H and O–H groups in total. The summed E-state index contributed by atoms with van der Waals surface area (Å²) in [6.07, 6.45) is 6.86. The van der Waals surface area contributed by atoms with Crippen LogP contribution < -0.4 is 10.6 Å². The highest BCUT2D eigenvalue weighted by molar-refractivity contribution is 9.10. The molecule has 0 atom stereocenters. The smallest absolute Gasteiger partial charge is 0.139 e. The van der Waals surface area contributed by atoms with E-state index >= 15 is 0 Å². The minimum absolute atomic E-state index is 0.736. The zero-order valence-corrected chi connectivity index (χ0v) is 18.8. The second kappa shape index (κ2) is 8.72. The van der Waals surface area contributed by atoms with Crippen LogP contribution >= 0.6 is 15.9 Å². The highest BCUT2D eigenvalue weighted by Gasteiger charge is 2.13. The maximum Gasteiger partial charge on any atom is 0.139 e. The molecule has 0 amide bonds. The Kier molecular flexibility index (Phi) is 5.47. The van der Waals surface area contributed by atoms with Crippen LogP contribution in [0.2, 0.25) is 0 Å².